The summed E-state index contributed by atoms with van der Waals surface area (Å²) in [6.07, 6.45) is 3.87. The fraction of sp³-hybridized carbons (Fsp3) is 0.667. The van der Waals surface area contributed by atoms with E-state index in [2.05, 4.69) is 32.7 Å². The van der Waals surface area contributed by atoms with Crippen molar-refractivity contribution in [1.29, 1.82) is 0 Å². The van der Waals surface area contributed by atoms with Crippen LogP contribution in [0, 0.1) is 5.92 Å². The molecule has 0 aromatic carbocycles. The highest BCUT2D eigenvalue weighted by atomic mass is 79.9. The Morgan fingerprint density at radius 3 is 3.06 bits per heavy atom. The predicted octanol–water partition coefficient (Wildman–Crippen LogP) is 3.42. The lowest BCUT2D eigenvalue weighted by atomic mass is 10.3. The minimum absolute atomic E-state index is 0.885. The quantitative estimate of drug-likeness (QED) is 0.743. The van der Waals surface area contributed by atoms with Crippen molar-refractivity contribution in [2.45, 2.75) is 25.8 Å². The summed E-state index contributed by atoms with van der Waals surface area (Å²) in [5.74, 6) is 0.885. The maximum absolute atomic E-state index is 5.57. The van der Waals surface area contributed by atoms with Crippen molar-refractivity contribution in [3.8, 4) is 0 Å². The third kappa shape index (κ3) is 4.95. The molecule has 1 fully saturated rings. The molecule has 0 radical (unpaired) electrons. The van der Waals surface area contributed by atoms with Gasteiger partial charge in [-0.1, -0.05) is 0 Å². The van der Waals surface area contributed by atoms with Crippen LogP contribution in [-0.2, 0) is 11.3 Å². The van der Waals surface area contributed by atoms with E-state index in [0.717, 1.165) is 38.6 Å². The minimum atomic E-state index is 0.885. The second-order valence-corrected chi connectivity index (χ2v) is 6.60. The zero-order chi connectivity index (χ0) is 11.2. The Kier molecular flexibility index (Phi) is 5.29. The highest BCUT2D eigenvalue weighted by Gasteiger charge is 2.20. The Hall–Kier alpha value is 0.1000. The molecule has 16 heavy (non-hydrogen) atoms. The lowest BCUT2D eigenvalue weighted by molar-refractivity contribution is 0.122. The second-order valence-electron chi connectivity index (χ2n) is 4.31. The van der Waals surface area contributed by atoms with Crippen LogP contribution < -0.4 is 5.32 Å². The van der Waals surface area contributed by atoms with Crippen molar-refractivity contribution in [2.24, 2.45) is 5.92 Å². The van der Waals surface area contributed by atoms with Crippen LogP contribution in [0.4, 0.5) is 0 Å². The van der Waals surface area contributed by atoms with Crippen LogP contribution in [0.5, 0.6) is 0 Å². The van der Waals surface area contributed by atoms with Crippen LogP contribution in [0.1, 0.15) is 24.8 Å². The standard InChI is InChI=1S/C12H18BrNOS/c13-12-6-11(9-16-12)7-14-4-1-5-15-8-10-2-3-10/h6,9-10,14H,1-5,7-8H2. The number of halogens is 1. The summed E-state index contributed by atoms with van der Waals surface area (Å²) in [6.45, 7) is 3.89. The van der Waals surface area contributed by atoms with E-state index in [-0.39, 0.29) is 0 Å². The van der Waals surface area contributed by atoms with E-state index in [4.69, 9.17) is 4.74 Å². The predicted molar refractivity (Wildman–Crippen MR) is 71.9 cm³/mol. The average Bonchev–Trinajstić information content (AvgIpc) is 3.00. The van der Waals surface area contributed by atoms with E-state index in [1.807, 2.05) is 0 Å². The fourth-order valence-electron chi connectivity index (χ4n) is 1.50. The molecule has 1 N–H and O–H groups in total. The van der Waals surface area contributed by atoms with E-state index in [0.29, 0.717) is 0 Å². The summed E-state index contributed by atoms with van der Waals surface area (Å²) < 4.78 is 6.77. The molecule has 1 aromatic rings. The maximum atomic E-state index is 5.57. The number of hydrogen-bond donors (Lipinski definition) is 1. The molecule has 0 atom stereocenters. The van der Waals surface area contributed by atoms with E-state index in [1.165, 1.54) is 22.2 Å². The van der Waals surface area contributed by atoms with Gasteiger partial charge < -0.3 is 10.1 Å². The summed E-state index contributed by atoms with van der Waals surface area (Å²) in [5, 5.41) is 5.61. The van der Waals surface area contributed by atoms with Gasteiger partial charge in [0.05, 0.1) is 3.79 Å². The Balaban J connectivity index is 1.42. The van der Waals surface area contributed by atoms with Crippen LogP contribution in [-0.4, -0.2) is 19.8 Å². The molecule has 0 saturated heterocycles. The molecular weight excluding hydrogens is 286 g/mol. The Morgan fingerprint density at radius 1 is 1.50 bits per heavy atom. The second kappa shape index (κ2) is 6.74. The Bertz CT molecular complexity index is 312. The largest absolute Gasteiger partial charge is 0.381 e. The summed E-state index contributed by atoms with van der Waals surface area (Å²) >= 11 is 5.20. The minimum Gasteiger partial charge on any atom is -0.381 e. The van der Waals surface area contributed by atoms with Gasteiger partial charge in [0.2, 0.25) is 0 Å². The van der Waals surface area contributed by atoms with Gasteiger partial charge in [0, 0.05) is 19.8 Å². The molecule has 1 aliphatic rings. The first-order valence-electron chi connectivity index (χ1n) is 5.86. The molecular formula is C12H18BrNOS. The monoisotopic (exact) mass is 303 g/mol. The third-order valence-corrected chi connectivity index (χ3v) is 4.20. The lowest BCUT2D eigenvalue weighted by Crippen LogP contribution is -2.16. The van der Waals surface area contributed by atoms with Crippen molar-refractivity contribution in [2.75, 3.05) is 19.8 Å². The van der Waals surface area contributed by atoms with Gasteiger partial charge in [-0.25, -0.2) is 0 Å². The maximum Gasteiger partial charge on any atom is 0.0701 e. The van der Waals surface area contributed by atoms with Gasteiger partial charge in [0.1, 0.15) is 0 Å². The molecule has 0 bridgehead atoms. The van der Waals surface area contributed by atoms with Crippen molar-refractivity contribution >= 4 is 27.3 Å². The molecule has 0 unspecified atom stereocenters. The number of rotatable bonds is 8. The fourth-order valence-corrected chi connectivity index (χ4v) is 2.71. The van der Waals surface area contributed by atoms with E-state index < -0.39 is 0 Å². The first-order valence-corrected chi connectivity index (χ1v) is 7.53. The van der Waals surface area contributed by atoms with Gasteiger partial charge in [-0.15, -0.1) is 11.3 Å². The van der Waals surface area contributed by atoms with Gasteiger partial charge >= 0.3 is 0 Å². The molecule has 1 heterocycles. The smallest absolute Gasteiger partial charge is 0.0701 e. The van der Waals surface area contributed by atoms with Gasteiger partial charge in [-0.2, -0.15) is 0 Å². The lowest BCUT2D eigenvalue weighted by Gasteiger charge is -2.04. The Labute approximate surface area is 110 Å². The van der Waals surface area contributed by atoms with Crippen LogP contribution in [0.3, 0.4) is 0 Å². The zero-order valence-electron chi connectivity index (χ0n) is 9.38. The molecule has 4 heteroatoms. The van der Waals surface area contributed by atoms with Crippen molar-refractivity contribution in [3.63, 3.8) is 0 Å². The van der Waals surface area contributed by atoms with Crippen LogP contribution in [0.15, 0.2) is 15.2 Å². The van der Waals surface area contributed by atoms with E-state index in [9.17, 15) is 0 Å². The number of ether oxygens (including phenoxy) is 1. The van der Waals surface area contributed by atoms with Crippen LogP contribution in [0.2, 0.25) is 0 Å². The molecule has 2 nitrogen and oxygen atoms in total. The van der Waals surface area contributed by atoms with Gasteiger partial charge in [-0.05, 0) is 64.7 Å². The van der Waals surface area contributed by atoms with Crippen molar-refractivity contribution in [3.05, 3.63) is 20.8 Å². The Morgan fingerprint density at radius 2 is 2.38 bits per heavy atom. The number of thiophene rings is 1. The molecule has 2 rings (SSSR count). The SMILES string of the molecule is Brc1cc(CNCCCOCC2CC2)cs1. The zero-order valence-corrected chi connectivity index (χ0v) is 11.8. The van der Waals surface area contributed by atoms with Gasteiger partial charge in [0.15, 0.2) is 0 Å². The van der Waals surface area contributed by atoms with Crippen molar-refractivity contribution < 1.29 is 4.74 Å². The first kappa shape index (κ1) is 12.6. The normalized spacial score (nSPS) is 15.6. The topological polar surface area (TPSA) is 21.3 Å². The summed E-state index contributed by atoms with van der Waals surface area (Å²) in [6, 6.07) is 2.17. The molecule has 0 amide bonds. The van der Waals surface area contributed by atoms with E-state index in [1.54, 1.807) is 11.3 Å². The summed E-state index contributed by atoms with van der Waals surface area (Å²) in [4.78, 5) is 0. The molecule has 1 aliphatic carbocycles. The van der Waals surface area contributed by atoms with E-state index >= 15 is 0 Å². The first-order chi connectivity index (χ1) is 7.84. The molecule has 0 aliphatic heterocycles. The summed E-state index contributed by atoms with van der Waals surface area (Å²) in [7, 11) is 0. The average molecular weight is 304 g/mol. The van der Waals surface area contributed by atoms with Crippen molar-refractivity contribution in [1.82, 2.24) is 5.32 Å². The number of nitrogens with one attached hydrogen (secondary N) is 1. The van der Waals surface area contributed by atoms with Gasteiger partial charge in [0.25, 0.3) is 0 Å². The highest BCUT2D eigenvalue weighted by molar-refractivity contribution is 9.11. The molecule has 0 spiro atoms. The van der Waals surface area contributed by atoms with Crippen LogP contribution >= 0.6 is 27.3 Å². The molecule has 90 valence electrons. The molecule has 1 saturated carbocycles. The third-order valence-electron chi connectivity index (χ3n) is 2.64. The summed E-state index contributed by atoms with van der Waals surface area (Å²) in [5.41, 5.74) is 1.36. The molecule has 1 aromatic heterocycles. The van der Waals surface area contributed by atoms with Crippen LogP contribution in [0.25, 0.3) is 0 Å². The number of hydrogen-bond acceptors (Lipinski definition) is 3. The van der Waals surface area contributed by atoms with Gasteiger partial charge in [-0.3, -0.25) is 0 Å². The highest BCUT2D eigenvalue weighted by Crippen LogP contribution is 2.28.